The van der Waals surface area contributed by atoms with E-state index in [1.807, 2.05) is 5.32 Å². The first-order valence-electron chi connectivity index (χ1n) is 6.94. The zero-order valence-electron chi connectivity index (χ0n) is 13.1. The molecule has 0 saturated heterocycles. The van der Waals surface area contributed by atoms with Gasteiger partial charge in [-0.3, -0.25) is 10.1 Å². The Kier molecular flexibility index (Phi) is 6.84. The molecule has 0 fully saturated rings. The molecule has 1 aromatic rings. The molecule has 0 atom stereocenters. The summed E-state index contributed by atoms with van der Waals surface area (Å²) < 4.78 is 10.4. The quantitative estimate of drug-likeness (QED) is 0.770. The summed E-state index contributed by atoms with van der Waals surface area (Å²) in [5.41, 5.74) is -1.31. The maximum atomic E-state index is 12.0. The van der Waals surface area contributed by atoms with Gasteiger partial charge in [-0.25, -0.2) is 9.59 Å². The third kappa shape index (κ3) is 6.56. The van der Waals surface area contributed by atoms with Gasteiger partial charge in [0.15, 0.2) is 12.2 Å². The molecule has 126 valence electrons. The van der Waals surface area contributed by atoms with Crippen LogP contribution in [0.1, 0.15) is 20.8 Å². The van der Waals surface area contributed by atoms with Crippen LogP contribution in [0, 0.1) is 0 Å². The Morgan fingerprint density at radius 1 is 1.17 bits per heavy atom. The number of nitrogens with one attached hydrogen (secondary N) is 2. The molecule has 0 radical (unpaired) electrons. The van der Waals surface area contributed by atoms with Crippen molar-refractivity contribution in [3.63, 3.8) is 0 Å². The van der Waals surface area contributed by atoms with Crippen molar-refractivity contribution < 1.29 is 23.9 Å². The third-order valence-corrected chi connectivity index (χ3v) is 2.85. The molecule has 1 aromatic carbocycles. The first kappa shape index (κ1) is 18.8. The molecule has 3 amide bonds. The normalized spacial score (nSPS) is 10.6. The molecule has 0 heterocycles. The summed E-state index contributed by atoms with van der Waals surface area (Å²) in [6.45, 7) is 4.52. The van der Waals surface area contributed by atoms with Crippen molar-refractivity contribution in [2.45, 2.75) is 26.4 Å². The monoisotopic (exact) mass is 342 g/mol. The van der Waals surface area contributed by atoms with Crippen LogP contribution in [-0.4, -0.2) is 36.7 Å². The number of urea groups is 1. The van der Waals surface area contributed by atoms with E-state index in [1.165, 1.54) is 13.8 Å². The number of hydrogen-bond donors (Lipinski definition) is 2. The molecule has 23 heavy (non-hydrogen) atoms. The lowest BCUT2D eigenvalue weighted by Gasteiger charge is -2.24. The van der Waals surface area contributed by atoms with Crippen molar-refractivity contribution in [3.8, 4) is 5.75 Å². The van der Waals surface area contributed by atoms with Gasteiger partial charge in [0.1, 0.15) is 5.75 Å². The summed E-state index contributed by atoms with van der Waals surface area (Å²) in [5.74, 6) is -1.03. The van der Waals surface area contributed by atoms with Crippen LogP contribution in [0.3, 0.4) is 0 Å². The smallest absolute Gasteiger partial charge is 0.350 e. The van der Waals surface area contributed by atoms with E-state index in [-0.39, 0.29) is 0 Å². The number of amides is 3. The summed E-state index contributed by atoms with van der Waals surface area (Å²) in [5, 5.41) is 4.95. The fraction of sp³-hybridized carbons (Fsp3) is 0.400. The zero-order chi connectivity index (χ0) is 17.5. The van der Waals surface area contributed by atoms with Crippen molar-refractivity contribution in [2.75, 3.05) is 13.2 Å². The van der Waals surface area contributed by atoms with Gasteiger partial charge in [-0.1, -0.05) is 11.6 Å². The molecule has 0 aliphatic carbocycles. The fourth-order valence-corrected chi connectivity index (χ4v) is 1.64. The van der Waals surface area contributed by atoms with E-state index in [0.717, 1.165) is 0 Å². The first-order chi connectivity index (χ1) is 10.7. The van der Waals surface area contributed by atoms with Gasteiger partial charge in [0, 0.05) is 11.6 Å². The highest BCUT2D eigenvalue weighted by molar-refractivity contribution is 6.30. The van der Waals surface area contributed by atoms with Crippen molar-refractivity contribution in [3.05, 3.63) is 29.3 Å². The standard InChI is InChI=1S/C15H19ClN2O5/c1-4-17-14(21)18-12(19)9-22-13(20)15(2,3)23-11-7-5-10(16)6-8-11/h5-8H,4,9H2,1-3H3,(H2,17,18,19,21). The highest BCUT2D eigenvalue weighted by Gasteiger charge is 2.32. The Balaban J connectivity index is 2.50. The lowest BCUT2D eigenvalue weighted by atomic mass is 10.1. The summed E-state index contributed by atoms with van der Waals surface area (Å²) in [6.07, 6.45) is 0. The second-order valence-corrected chi connectivity index (χ2v) is 5.49. The van der Waals surface area contributed by atoms with Crippen LogP contribution in [0.15, 0.2) is 24.3 Å². The van der Waals surface area contributed by atoms with E-state index in [2.05, 4.69) is 5.32 Å². The number of carbonyl (C=O) groups excluding carboxylic acids is 3. The molecule has 0 saturated carbocycles. The molecular weight excluding hydrogens is 324 g/mol. The van der Waals surface area contributed by atoms with Crippen LogP contribution < -0.4 is 15.4 Å². The molecule has 0 unspecified atom stereocenters. The number of imide groups is 1. The largest absolute Gasteiger partial charge is 0.476 e. The summed E-state index contributed by atoms with van der Waals surface area (Å²) in [7, 11) is 0. The van der Waals surface area contributed by atoms with Crippen LogP contribution >= 0.6 is 11.6 Å². The van der Waals surface area contributed by atoms with Gasteiger partial charge in [-0.05, 0) is 45.0 Å². The van der Waals surface area contributed by atoms with Gasteiger partial charge in [-0.2, -0.15) is 0 Å². The average Bonchev–Trinajstić information content (AvgIpc) is 2.47. The first-order valence-corrected chi connectivity index (χ1v) is 7.32. The predicted octanol–water partition coefficient (Wildman–Crippen LogP) is 1.89. The Hall–Kier alpha value is -2.28. The highest BCUT2D eigenvalue weighted by Crippen LogP contribution is 2.21. The summed E-state index contributed by atoms with van der Waals surface area (Å²) >= 11 is 5.77. The molecular formula is C15H19ClN2O5. The van der Waals surface area contributed by atoms with E-state index in [1.54, 1.807) is 31.2 Å². The second kappa shape index (κ2) is 8.38. The number of benzene rings is 1. The molecule has 0 aliphatic rings. The maximum absolute atomic E-state index is 12.0. The topological polar surface area (TPSA) is 93.7 Å². The van der Waals surface area contributed by atoms with Crippen molar-refractivity contribution in [1.29, 1.82) is 0 Å². The fourth-order valence-electron chi connectivity index (χ4n) is 1.51. The minimum atomic E-state index is -1.31. The predicted molar refractivity (Wildman–Crippen MR) is 84.3 cm³/mol. The number of hydrogen-bond acceptors (Lipinski definition) is 5. The van der Waals surface area contributed by atoms with E-state index in [4.69, 9.17) is 21.1 Å². The van der Waals surface area contributed by atoms with Crippen LogP contribution in [0.2, 0.25) is 5.02 Å². The number of esters is 1. The SMILES string of the molecule is CCNC(=O)NC(=O)COC(=O)C(C)(C)Oc1ccc(Cl)cc1. The highest BCUT2D eigenvalue weighted by atomic mass is 35.5. The molecule has 0 spiro atoms. The Morgan fingerprint density at radius 2 is 1.78 bits per heavy atom. The number of rotatable bonds is 6. The molecule has 1 rings (SSSR count). The van der Waals surface area contributed by atoms with Gasteiger partial charge >= 0.3 is 12.0 Å². The molecule has 0 bridgehead atoms. The summed E-state index contributed by atoms with van der Waals surface area (Å²) in [6, 6.07) is 5.82. The van der Waals surface area contributed by atoms with Crippen LogP contribution in [0.25, 0.3) is 0 Å². The molecule has 0 aromatic heterocycles. The van der Waals surface area contributed by atoms with Gasteiger partial charge < -0.3 is 14.8 Å². The lowest BCUT2D eigenvalue weighted by molar-refractivity contribution is -0.161. The van der Waals surface area contributed by atoms with Crippen LogP contribution in [-0.2, 0) is 14.3 Å². The zero-order valence-corrected chi connectivity index (χ0v) is 13.9. The average molecular weight is 343 g/mol. The third-order valence-electron chi connectivity index (χ3n) is 2.60. The molecule has 7 nitrogen and oxygen atoms in total. The van der Waals surface area contributed by atoms with E-state index in [9.17, 15) is 14.4 Å². The van der Waals surface area contributed by atoms with Gasteiger partial charge in [0.25, 0.3) is 5.91 Å². The van der Waals surface area contributed by atoms with Crippen molar-refractivity contribution in [1.82, 2.24) is 10.6 Å². The van der Waals surface area contributed by atoms with Crippen LogP contribution in [0.5, 0.6) is 5.75 Å². The molecule has 0 aliphatic heterocycles. The number of ether oxygens (including phenoxy) is 2. The Labute approximate surface area is 139 Å². The maximum Gasteiger partial charge on any atom is 0.350 e. The minimum Gasteiger partial charge on any atom is -0.476 e. The van der Waals surface area contributed by atoms with Gasteiger partial charge in [0.05, 0.1) is 0 Å². The minimum absolute atomic E-state index is 0.376. The Morgan fingerprint density at radius 3 is 2.35 bits per heavy atom. The summed E-state index contributed by atoms with van der Waals surface area (Å²) in [4.78, 5) is 34.6. The Bertz CT molecular complexity index is 572. The number of halogens is 1. The molecule has 2 N–H and O–H groups in total. The van der Waals surface area contributed by atoms with E-state index < -0.39 is 30.1 Å². The van der Waals surface area contributed by atoms with Crippen LogP contribution in [0.4, 0.5) is 4.79 Å². The van der Waals surface area contributed by atoms with Gasteiger partial charge in [0.2, 0.25) is 0 Å². The van der Waals surface area contributed by atoms with E-state index in [0.29, 0.717) is 17.3 Å². The number of carbonyl (C=O) groups is 3. The van der Waals surface area contributed by atoms with Crippen molar-refractivity contribution >= 4 is 29.5 Å². The second-order valence-electron chi connectivity index (χ2n) is 5.05. The van der Waals surface area contributed by atoms with Gasteiger partial charge in [-0.15, -0.1) is 0 Å². The van der Waals surface area contributed by atoms with E-state index >= 15 is 0 Å². The molecule has 8 heteroatoms. The van der Waals surface area contributed by atoms with Crippen molar-refractivity contribution in [2.24, 2.45) is 0 Å². The lowest BCUT2D eigenvalue weighted by Crippen LogP contribution is -2.44.